The summed E-state index contributed by atoms with van der Waals surface area (Å²) in [6.07, 6.45) is 0. The SMILES string of the molecule is Cc1nc(NC(=O)c2cc(Br)cc(Br)c2)c(Cl)cc1Cl. The molecule has 0 bridgehead atoms. The van der Waals surface area contributed by atoms with E-state index in [2.05, 4.69) is 42.2 Å². The first kappa shape index (κ1) is 15.8. The van der Waals surface area contributed by atoms with E-state index in [9.17, 15) is 4.79 Å². The van der Waals surface area contributed by atoms with Gasteiger partial charge in [0.15, 0.2) is 5.82 Å². The molecule has 7 heteroatoms. The molecule has 0 atom stereocenters. The third-order valence-electron chi connectivity index (χ3n) is 2.46. The van der Waals surface area contributed by atoms with Gasteiger partial charge in [0.05, 0.1) is 15.7 Å². The van der Waals surface area contributed by atoms with Crippen LogP contribution in [0.2, 0.25) is 10.0 Å². The van der Waals surface area contributed by atoms with Crippen LogP contribution in [0.4, 0.5) is 5.82 Å². The van der Waals surface area contributed by atoms with E-state index in [1.807, 2.05) is 6.07 Å². The highest BCUT2D eigenvalue weighted by molar-refractivity contribution is 9.11. The number of hydrogen-bond acceptors (Lipinski definition) is 2. The summed E-state index contributed by atoms with van der Waals surface area (Å²) in [5.74, 6) is -0.0159. The normalized spacial score (nSPS) is 10.4. The van der Waals surface area contributed by atoms with Gasteiger partial charge >= 0.3 is 0 Å². The molecular weight excluding hydrogens is 431 g/mol. The van der Waals surface area contributed by atoms with E-state index in [-0.39, 0.29) is 11.7 Å². The molecule has 0 radical (unpaired) electrons. The van der Waals surface area contributed by atoms with Crippen LogP contribution < -0.4 is 5.32 Å². The third kappa shape index (κ3) is 3.73. The average molecular weight is 439 g/mol. The van der Waals surface area contributed by atoms with Crippen LogP contribution >= 0.6 is 55.1 Å². The summed E-state index contributed by atoms with van der Waals surface area (Å²) in [4.78, 5) is 16.3. The molecule has 0 aliphatic carbocycles. The summed E-state index contributed by atoms with van der Waals surface area (Å²) >= 11 is 18.6. The summed E-state index contributed by atoms with van der Waals surface area (Å²) in [5.41, 5.74) is 1.08. The zero-order valence-corrected chi connectivity index (χ0v) is 14.9. The summed E-state index contributed by atoms with van der Waals surface area (Å²) < 4.78 is 1.59. The van der Waals surface area contributed by atoms with Crippen LogP contribution in [0.25, 0.3) is 0 Å². The number of aryl methyl sites for hydroxylation is 1. The highest BCUT2D eigenvalue weighted by atomic mass is 79.9. The minimum Gasteiger partial charge on any atom is -0.305 e. The van der Waals surface area contributed by atoms with Crippen molar-refractivity contribution in [1.29, 1.82) is 0 Å². The van der Waals surface area contributed by atoms with Crippen molar-refractivity contribution in [2.75, 3.05) is 5.32 Å². The van der Waals surface area contributed by atoms with E-state index in [4.69, 9.17) is 23.2 Å². The number of anilines is 1. The predicted molar refractivity (Wildman–Crippen MR) is 88.8 cm³/mol. The highest BCUT2D eigenvalue weighted by Gasteiger charge is 2.12. The largest absolute Gasteiger partial charge is 0.305 e. The number of hydrogen-bond donors (Lipinski definition) is 1. The predicted octanol–water partition coefficient (Wildman–Crippen LogP) is 5.47. The summed E-state index contributed by atoms with van der Waals surface area (Å²) in [6, 6.07) is 6.81. The Morgan fingerprint density at radius 2 is 1.70 bits per heavy atom. The van der Waals surface area contributed by atoms with Crippen molar-refractivity contribution in [3.8, 4) is 0 Å². The van der Waals surface area contributed by atoms with Crippen molar-refractivity contribution < 1.29 is 4.79 Å². The molecule has 2 rings (SSSR count). The topological polar surface area (TPSA) is 42.0 Å². The van der Waals surface area contributed by atoms with Crippen molar-refractivity contribution in [3.63, 3.8) is 0 Å². The summed E-state index contributed by atoms with van der Waals surface area (Å²) in [7, 11) is 0. The number of benzene rings is 1. The maximum Gasteiger partial charge on any atom is 0.256 e. The number of amides is 1. The standard InChI is InChI=1S/C13H8Br2Cl2N2O/c1-6-10(16)5-11(17)12(18-6)19-13(20)7-2-8(14)4-9(15)3-7/h2-5H,1H3,(H,18,19,20). The molecule has 104 valence electrons. The first-order chi connectivity index (χ1) is 9.36. The molecule has 0 fully saturated rings. The fraction of sp³-hybridized carbons (Fsp3) is 0.0769. The van der Waals surface area contributed by atoms with E-state index in [1.54, 1.807) is 25.1 Å². The Labute approximate surface area is 142 Å². The lowest BCUT2D eigenvalue weighted by molar-refractivity contribution is 0.102. The van der Waals surface area contributed by atoms with E-state index in [1.165, 1.54) is 0 Å². The van der Waals surface area contributed by atoms with E-state index < -0.39 is 0 Å². The maximum absolute atomic E-state index is 12.2. The number of pyridine rings is 1. The van der Waals surface area contributed by atoms with Gasteiger partial charge in [-0.3, -0.25) is 4.79 Å². The Balaban J connectivity index is 2.30. The van der Waals surface area contributed by atoms with Crippen LogP contribution in [0.1, 0.15) is 16.1 Å². The molecule has 0 aliphatic rings. The second-order valence-electron chi connectivity index (χ2n) is 4.00. The minimum absolute atomic E-state index is 0.287. The van der Waals surface area contributed by atoms with Crippen molar-refractivity contribution in [1.82, 2.24) is 4.98 Å². The number of nitrogens with zero attached hydrogens (tertiary/aromatic N) is 1. The van der Waals surface area contributed by atoms with E-state index in [0.29, 0.717) is 21.3 Å². The third-order valence-corrected chi connectivity index (χ3v) is 4.05. The Bertz CT molecular complexity index is 672. The van der Waals surface area contributed by atoms with E-state index in [0.717, 1.165) is 8.95 Å². The van der Waals surface area contributed by atoms with Crippen molar-refractivity contribution >= 4 is 66.8 Å². The fourth-order valence-corrected chi connectivity index (χ4v) is 3.21. The van der Waals surface area contributed by atoms with Gasteiger partial charge in [-0.25, -0.2) is 4.98 Å². The molecule has 1 aromatic heterocycles. The van der Waals surface area contributed by atoms with Gasteiger partial charge in [0.2, 0.25) is 0 Å². The quantitative estimate of drug-likeness (QED) is 0.675. The minimum atomic E-state index is -0.303. The van der Waals surface area contributed by atoms with Crippen LogP contribution in [0.5, 0.6) is 0 Å². The molecule has 0 aliphatic heterocycles. The second kappa shape index (κ2) is 6.43. The molecule has 0 saturated heterocycles. The van der Waals surface area contributed by atoms with Crippen LogP contribution in [-0.4, -0.2) is 10.9 Å². The second-order valence-corrected chi connectivity index (χ2v) is 6.64. The number of aromatic nitrogens is 1. The zero-order chi connectivity index (χ0) is 14.9. The molecular formula is C13H8Br2Cl2N2O. The highest BCUT2D eigenvalue weighted by Crippen LogP contribution is 2.26. The van der Waals surface area contributed by atoms with Crippen molar-refractivity contribution in [3.05, 3.63) is 54.5 Å². The molecule has 20 heavy (non-hydrogen) atoms. The summed E-state index contributed by atoms with van der Waals surface area (Å²) in [6.45, 7) is 1.74. The fourth-order valence-electron chi connectivity index (χ4n) is 1.51. The molecule has 1 heterocycles. The lowest BCUT2D eigenvalue weighted by atomic mass is 10.2. The first-order valence-corrected chi connectivity index (χ1v) is 7.81. The number of nitrogens with one attached hydrogen (secondary N) is 1. The zero-order valence-electron chi connectivity index (χ0n) is 10.2. The number of carbonyl (C=O) groups is 1. The van der Waals surface area contributed by atoms with Crippen LogP contribution in [-0.2, 0) is 0 Å². The molecule has 0 unspecified atom stereocenters. The number of halogens is 4. The van der Waals surface area contributed by atoms with Crippen molar-refractivity contribution in [2.45, 2.75) is 6.92 Å². The Morgan fingerprint density at radius 3 is 2.30 bits per heavy atom. The molecule has 3 nitrogen and oxygen atoms in total. The number of carbonyl (C=O) groups excluding carboxylic acids is 1. The van der Waals surface area contributed by atoms with Gasteiger partial charge in [0, 0.05) is 14.5 Å². The van der Waals surface area contributed by atoms with Gasteiger partial charge in [0.25, 0.3) is 5.91 Å². The lowest BCUT2D eigenvalue weighted by Gasteiger charge is -2.09. The van der Waals surface area contributed by atoms with Gasteiger partial charge in [-0.1, -0.05) is 55.1 Å². The molecule has 1 N–H and O–H groups in total. The molecule has 1 aromatic carbocycles. The van der Waals surface area contributed by atoms with Gasteiger partial charge in [-0.05, 0) is 31.2 Å². The molecule has 2 aromatic rings. The van der Waals surface area contributed by atoms with Crippen LogP contribution in [0.15, 0.2) is 33.2 Å². The Hall–Kier alpha value is -0.620. The molecule has 0 spiro atoms. The van der Waals surface area contributed by atoms with Gasteiger partial charge in [-0.2, -0.15) is 0 Å². The number of rotatable bonds is 2. The summed E-state index contributed by atoms with van der Waals surface area (Å²) in [5, 5.41) is 3.42. The van der Waals surface area contributed by atoms with Gasteiger partial charge in [-0.15, -0.1) is 0 Å². The molecule has 0 saturated carbocycles. The van der Waals surface area contributed by atoms with Gasteiger partial charge in [0.1, 0.15) is 0 Å². The van der Waals surface area contributed by atoms with Gasteiger partial charge < -0.3 is 5.32 Å². The average Bonchev–Trinajstić information content (AvgIpc) is 2.34. The van der Waals surface area contributed by atoms with Crippen molar-refractivity contribution in [2.24, 2.45) is 0 Å². The Morgan fingerprint density at radius 1 is 1.10 bits per heavy atom. The molecule has 1 amide bonds. The van der Waals surface area contributed by atoms with Crippen LogP contribution in [0, 0.1) is 6.92 Å². The first-order valence-electron chi connectivity index (χ1n) is 5.47. The smallest absolute Gasteiger partial charge is 0.256 e. The van der Waals surface area contributed by atoms with Crippen LogP contribution in [0.3, 0.4) is 0 Å². The maximum atomic E-state index is 12.2. The lowest BCUT2D eigenvalue weighted by Crippen LogP contribution is -2.13. The monoisotopic (exact) mass is 436 g/mol. The Kier molecular flexibility index (Phi) is 5.07. The van der Waals surface area contributed by atoms with E-state index >= 15 is 0 Å².